The number of para-hydroxylation sites is 1. The maximum Gasteiger partial charge on any atom is 0.185 e. The molecule has 3 aromatic rings. The van der Waals surface area contributed by atoms with Crippen molar-refractivity contribution in [2.75, 3.05) is 26.2 Å². The van der Waals surface area contributed by atoms with Crippen molar-refractivity contribution >= 4 is 22.8 Å². The third kappa shape index (κ3) is 7.81. The summed E-state index contributed by atoms with van der Waals surface area (Å²) >= 11 is 0. The number of fused-ring (bicyclic) bond motifs is 1. The lowest BCUT2D eigenvalue weighted by Gasteiger charge is -2.25. The minimum atomic E-state index is -0.457. The van der Waals surface area contributed by atoms with E-state index in [4.69, 9.17) is 4.74 Å². The number of carbonyl (C=O) groups excluding carboxylic acids is 1. The Kier molecular flexibility index (Phi) is 10.6. The molecule has 0 aliphatic heterocycles. The smallest absolute Gasteiger partial charge is 0.185 e. The maximum absolute atomic E-state index is 12.7. The summed E-state index contributed by atoms with van der Waals surface area (Å²) in [6.07, 6.45) is 9.70. The van der Waals surface area contributed by atoms with E-state index in [0.717, 1.165) is 61.0 Å². The van der Waals surface area contributed by atoms with E-state index in [2.05, 4.69) is 35.4 Å². The van der Waals surface area contributed by atoms with Crippen molar-refractivity contribution in [3.05, 3.63) is 71.9 Å². The van der Waals surface area contributed by atoms with Crippen molar-refractivity contribution in [2.45, 2.75) is 59.1 Å². The number of unbranched alkanes of at least 4 members (excludes halogenated alkanes) is 2. The normalized spacial score (nSPS) is 12.6. The molecule has 1 N–H and O–H groups in total. The second kappa shape index (κ2) is 13.9. The highest BCUT2D eigenvalue weighted by Gasteiger charge is 2.14. The monoisotopic (exact) mass is 476 g/mol. The summed E-state index contributed by atoms with van der Waals surface area (Å²) in [4.78, 5) is 15.1. The van der Waals surface area contributed by atoms with Crippen molar-refractivity contribution in [3.63, 3.8) is 0 Å². The van der Waals surface area contributed by atoms with E-state index in [1.54, 1.807) is 18.2 Å². The Morgan fingerprint density at radius 2 is 1.71 bits per heavy atom. The predicted molar refractivity (Wildman–Crippen MR) is 145 cm³/mol. The van der Waals surface area contributed by atoms with Crippen molar-refractivity contribution < 1.29 is 14.6 Å². The van der Waals surface area contributed by atoms with Gasteiger partial charge >= 0.3 is 0 Å². The molecular formula is C30H40N2O3. The molecule has 0 amide bonds. The van der Waals surface area contributed by atoms with E-state index < -0.39 is 6.10 Å². The summed E-state index contributed by atoms with van der Waals surface area (Å²) in [5, 5.41) is 12.0. The lowest BCUT2D eigenvalue weighted by atomic mass is 10.1. The van der Waals surface area contributed by atoms with E-state index >= 15 is 0 Å². The van der Waals surface area contributed by atoms with Crippen LogP contribution >= 0.6 is 0 Å². The quantitative estimate of drug-likeness (QED) is 0.210. The molecule has 0 spiro atoms. The summed E-state index contributed by atoms with van der Waals surface area (Å²) in [5.41, 5.74) is 2.66. The van der Waals surface area contributed by atoms with Gasteiger partial charge in [-0.1, -0.05) is 44.9 Å². The Labute approximate surface area is 210 Å². The number of aromatic nitrogens is 1. The van der Waals surface area contributed by atoms with Crippen LogP contribution < -0.4 is 4.74 Å². The fourth-order valence-corrected chi connectivity index (χ4v) is 4.34. The summed E-state index contributed by atoms with van der Waals surface area (Å²) in [6.45, 7) is 10.2. The molecule has 3 rings (SSSR count). The van der Waals surface area contributed by atoms with Gasteiger partial charge in [0.05, 0.1) is 12.7 Å². The van der Waals surface area contributed by atoms with Crippen LogP contribution in [0.1, 0.15) is 62.4 Å². The Morgan fingerprint density at radius 3 is 2.37 bits per heavy atom. The minimum Gasteiger partial charge on any atom is -0.494 e. The summed E-state index contributed by atoms with van der Waals surface area (Å²) < 4.78 is 7.57. The molecule has 2 aromatic carbocycles. The van der Waals surface area contributed by atoms with Crippen LogP contribution in [0.3, 0.4) is 0 Å². The van der Waals surface area contributed by atoms with Gasteiger partial charge < -0.3 is 19.3 Å². The van der Waals surface area contributed by atoms with Crippen LogP contribution in [0, 0.1) is 0 Å². The number of ether oxygens (including phenoxy) is 1. The molecule has 5 heteroatoms. The molecule has 0 radical (unpaired) electrons. The predicted octanol–water partition coefficient (Wildman–Crippen LogP) is 6.20. The number of benzene rings is 2. The SMILES string of the molecule is CCCCN(CCCC)C[C@@H](O)Cn1cc(/C=C/C(=O)c2ccc(OCC)cc2)c2ccccc21. The molecule has 0 saturated carbocycles. The highest BCUT2D eigenvalue weighted by atomic mass is 16.5. The van der Waals surface area contributed by atoms with Gasteiger partial charge in [-0.25, -0.2) is 0 Å². The number of hydrogen-bond donors (Lipinski definition) is 1. The Hall–Kier alpha value is -2.89. The molecule has 1 aromatic heterocycles. The Balaban J connectivity index is 1.73. The minimum absolute atomic E-state index is 0.0487. The Morgan fingerprint density at radius 1 is 1.03 bits per heavy atom. The number of rotatable bonds is 15. The fraction of sp³-hybridized carbons (Fsp3) is 0.433. The standard InChI is InChI=1S/C30H40N2O3/c1-4-7-19-31(20-8-5-2)22-26(33)23-32-21-25(28-11-9-10-12-29(28)32)15-18-30(34)24-13-16-27(17-14-24)35-6-3/h9-18,21,26,33H,4-8,19-20,22-23H2,1-3H3/b18-15+/t26-/m1/s1. The molecule has 0 aliphatic rings. The molecule has 5 nitrogen and oxygen atoms in total. The van der Waals surface area contributed by atoms with Crippen molar-refractivity contribution in [3.8, 4) is 5.75 Å². The van der Waals surface area contributed by atoms with E-state index in [0.29, 0.717) is 25.3 Å². The fourth-order valence-electron chi connectivity index (χ4n) is 4.34. The molecule has 0 aliphatic carbocycles. The molecule has 0 saturated heterocycles. The van der Waals surface area contributed by atoms with Crippen LogP contribution in [0.15, 0.2) is 60.8 Å². The molecular weight excluding hydrogens is 436 g/mol. The molecule has 0 fully saturated rings. The highest BCUT2D eigenvalue weighted by molar-refractivity contribution is 6.07. The van der Waals surface area contributed by atoms with E-state index in [-0.39, 0.29) is 5.78 Å². The number of aliphatic hydroxyl groups excluding tert-OH is 1. The van der Waals surface area contributed by atoms with Crippen LogP contribution in [-0.2, 0) is 6.54 Å². The van der Waals surface area contributed by atoms with Crippen molar-refractivity contribution in [1.82, 2.24) is 9.47 Å². The van der Waals surface area contributed by atoms with Gasteiger partial charge in [-0.05, 0) is 75.3 Å². The number of allylic oxidation sites excluding steroid dienone is 1. The van der Waals surface area contributed by atoms with Gasteiger partial charge in [-0.2, -0.15) is 0 Å². The molecule has 0 unspecified atom stereocenters. The maximum atomic E-state index is 12.7. The van der Waals surface area contributed by atoms with Crippen LogP contribution in [0.25, 0.3) is 17.0 Å². The van der Waals surface area contributed by atoms with Gasteiger partial charge in [0.15, 0.2) is 5.78 Å². The second-order valence-electron chi connectivity index (χ2n) is 9.07. The number of aliphatic hydroxyl groups is 1. The first-order valence-corrected chi connectivity index (χ1v) is 13.0. The topological polar surface area (TPSA) is 54.7 Å². The van der Waals surface area contributed by atoms with Crippen LogP contribution in [0.4, 0.5) is 0 Å². The first-order chi connectivity index (χ1) is 17.0. The number of carbonyl (C=O) groups is 1. The van der Waals surface area contributed by atoms with E-state index in [1.807, 2.05) is 43.5 Å². The zero-order chi connectivity index (χ0) is 25.0. The number of hydrogen-bond acceptors (Lipinski definition) is 4. The zero-order valence-corrected chi connectivity index (χ0v) is 21.5. The van der Waals surface area contributed by atoms with Crippen molar-refractivity contribution in [1.29, 1.82) is 0 Å². The summed E-state index contributed by atoms with van der Waals surface area (Å²) in [5.74, 6) is 0.713. The van der Waals surface area contributed by atoms with Gasteiger partial charge in [0, 0.05) is 41.3 Å². The van der Waals surface area contributed by atoms with Gasteiger partial charge in [-0.3, -0.25) is 4.79 Å². The van der Waals surface area contributed by atoms with E-state index in [1.165, 1.54) is 0 Å². The molecule has 1 atom stereocenters. The van der Waals surface area contributed by atoms with Crippen LogP contribution in [-0.4, -0.2) is 52.7 Å². The van der Waals surface area contributed by atoms with Crippen molar-refractivity contribution in [2.24, 2.45) is 0 Å². The number of nitrogens with zero attached hydrogens (tertiary/aromatic N) is 2. The van der Waals surface area contributed by atoms with Gasteiger partial charge in [0.1, 0.15) is 5.75 Å². The largest absolute Gasteiger partial charge is 0.494 e. The zero-order valence-electron chi connectivity index (χ0n) is 21.5. The first kappa shape index (κ1) is 26.7. The van der Waals surface area contributed by atoms with E-state index in [9.17, 15) is 9.90 Å². The summed E-state index contributed by atoms with van der Waals surface area (Å²) in [6, 6.07) is 15.4. The Bertz CT molecular complexity index is 1080. The molecule has 188 valence electrons. The van der Waals surface area contributed by atoms with Gasteiger partial charge in [0.2, 0.25) is 0 Å². The number of ketones is 1. The average Bonchev–Trinajstić information content (AvgIpc) is 3.22. The molecule has 0 bridgehead atoms. The third-order valence-electron chi connectivity index (χ3n) is 6.22. The summed E-state index contributed by atoms with van der Waals surface area (Å²) in [7, 11) is 0. The molecule has 1 heterocycles. The lowest BCUT2D eigenvalue weighted by Crippen LogP contribution is -2.36. The lowest BCUT2D eigenvalue weighted by molar-refractivity contribution is 0.0973. The average molecular weight is 477 g/mol. The van der Waals surface area contributed by atoms with Crippen LogP contribution in [0.5, 0.6) is 5.75 Å². The third-order valence-corrected chi connectivity index (χ3v) is 6.22. The van der Waals surface area contributed by atoms with Gasteiger partial charge in [0.25, 0.3) is 0 Å². The molecule has 35 heavy (non-hydrogen) atoms. The first-order valence-electron chi connectivity index (χ1n) is 13.0. The van der Waals surface area contributed by atoms with Gasteiger partial charge in [-0.15, -0.1) is 0 Å². The second-order valence-corrected chi connectivity index (χ2v) is 9.07. The highest BCUT2D eigenvalue weighted by Crippen LogP contribution is 2.23. The van der Waals surface area contributed by atoms with Crippen LogP contribution in [0.2, 0.25) is 0 Å².